The first-order chi connectivity index (χ1) is 11.0. The van der Waals surface area contributed by atoms with E-state index in [1.807, 2.05) is 0 Å². The Morgan fingerprint density at radius 2 is 1.74 bits per heavy atom. The third-order valence-corrected chi connectivity index (χ3v) is 4.59. The summed E-state index contributed by atoms with van der Waals surface area (Å²) in [4.78, 5) is 0. The first-order valence-corrected chi connectivity index (χ1v) is 12.4. The maximum absolute atomic E-state index is 6.41. The summed E-state index contributed by atoms with van der Waals surface area (Å²) in [7, 11) is -1.67. The Balaban J connectivity index is 0. The molecule has 1 N–H and O–H groups in total. The summed E-state index contributed by atoms with van der Waals surface area (Å²) in [5.74, 6) is 1.01. The predicted molar refractivity (Wildman–Crippen MR) is 107 cm³/mol. The van der Waals surface area contributed by atoms with Gasteiger partial charge >= 0.3 is 21.7 Å². The summed E-state index contributed by atoms with van der Waals surface area (Å²) in [6.45, 7) is 17.7. The number of hydrogen-bond acceptors (Lipinski definition) is 2. The fourth-order valence-electron chi connectivity index (χ4n) is 3.03. The molecular weight excluding hydrogens is 429 g/mol. The van der Waals surface area contributed by atoms with Crippen LogP contribution in [0.15, 0.2) is 29.5 Å². The van der Waals surface area contributed by atoms with Gasteiger partial charge in [-0.1, -0.05) is 31.5 Å². The minimum atomic E-state index is -1.67. The predicted octanol–water partition coefficient (Wildman–Crippen LogP) is -0.0837. The molecule has 149 valence electrons. The van der Waals surface area contributed by atoms with Gasteiger partial charge in [0.1, 0.15) is 0 Å². The van der Waals surface area contributed by atoms with Crippen LogP contribution in [-0.4, -0.2) is 13.9 Å². The smallest absolute Gasteiger partial charge is 1.00 e. The molecule has 0 heterocycles. The number of benzene rings is 1. The van der Waals surface area contributed by atoms with Crippen molar-refractivity contribution in [2.45, 2.75) is 72.6 Å². The fraction of sp³-hybridized carbons (Fsp3) is 0.524. The molecule has 0 saturated heterocycles. The topological polar surface area (TPSA) is 21.3 Å². The van der Waals surface area contributed by atoms with Gasteiger partial charge in [-0.25, -0.2) is 0 Å². The molecule has 1 aromatic rings. The van der Waals surface area contributed by atoms with Gasteiger partial charge in [-0.05, 0) is 52.9 Å². The Morgan fingerprint density at radius 3 is 2.22 bits per heavy atom. The van der Waals surface area contributed by atoms with Crippen LogP contribution in [0.2, 0.25) is 19.6 Å². The molecular formula is C21H32Cl2NOSiTi. The van der Waals surface area contributed by atoms with E-state index < -0.39 is 8.32 Å². The van der Waals surface area contributed by atoms with Gasteiger partial charge < -0.3 is 34.6 Å². The molecule has 0 atom stereocenters. The summed E-state index contributed by atoms with van der Waals surface area (Å²) in [5, 5.41) is 3.65. The van der Waals surface area contributed by atoms with Crippen molar-refractivity contribution in [1.82, 2.24) is 5.32 Å². The van der Waals surface area contributed by atoms with Crippen molar-refractivity contribution in [1.29, 1.82) is 0 Å². The Morgan fingerprint density at radius 1 is 1.15 bits per heavy atom. The van der Waals surface area contributed by atoms with Crippen LogP contribution in [0.1, 0.15) is 58.6 Å². The Labute approximate surface area is 194 Å². The van der Waals surface area contributed by atoms with E-state index in [2.05, 4.69) is 83.9 Å². The van der Waals surface area contributed by atoms with Crippen LogP contribution in [0.5, 0.6) is 5.75 Å². The molecule has 0 amide bonds. The molecule has 1 radical (unpaired) electrons. The molecule has 0 saturated carbocycles. The average Bonchev–Trinajstić information content (AvgIpc) is 2.73. The Hall–Kier alpha value is -0.189. The van der Waals surface area contributed by atoms with Gasteiger partial charge in [-0.15, -0.1) is 34.9 Å². The third kappa shape index (κ3) is 7.98. The van der Waals surface area contributed by atoms with E-state index in [0.29, 0.717) is 0 Å². The zero-order valence-electron chi connectivity index (χ0n) is 17.8. The van der Waals surface area contributed by atoms with Crippen LogP contribution in [-0.2, 0) is 21.7 Å². The third-order valence-electron chi connectivity index (χ3n) is 3.75. The SMILES string of the molecule is CCCC(C)=C1C(NC(C)(C)C)=[C-]c2cccc(O[Si](C)(C)C)c21.[Cl-].[Cl-].[Ti+3]. The number of hydrogen-bond donors (Lipinski definition) is 1. The van der Waals surface area contributed by atoms with Crippen LogP contribution in [0.25, 0.3) is 5.57 Å². The maximum atomic E-state index is 6.41. The minimum absolute atomic E-state index is 0. The quantitative estimate of drug-likeness (QED) is 0.490. The largest absolute Gasteiger partial charge is 3.00 e. The molecule has 0 unspecified atom stereocenters. The average molecular weight is 461 g/mol. The summed E-state index contributed by atoms with van der Waals surface area (Å²) >= 11 is 0. The van der Waals surface area contributed by atoms with Crippen molar-refractivity contribution in [3.05, 3.63) is 46.7 Å². The number of fused-ring (bicyclic) bond motifs is 1. The molecule has 6 heteroatoms. The second-order valence-corrected chi connectivity index (χ2v) is 13.1. The molecule has 1 aromatic carbocycles. The number of rotatable bonds is 5. The maximum Gasteiger partial charge on any atom is 3.00 e. The zero-order valence-corrected chi connectivity index (χ0v) is 21.9. The molecule has 2 nitrogen and oxygen atoms in total. The van der Waals surface area contributed by atoms with E-state index in [9.17, 15) is 0 Å². The standard InChI is InChI=1S/C21H32NOSi.2ClH.Ti/c1-9-11-15(2)19-17(22-21(3,4)5)14-16-12-10-13-18(20(16)19)23-24(6,7)8;;;/h10,12-13,22H,9,11H2,1-8H3;2*1H;/q-1;;;+3/p-2. The van der Waals surface area contributed by atoms with Crippen LogP contribution >= 0.6 is 0 Å². The number of allylic oxidation sites excluding steroid dienone is 2. The number of nitrogens with one attached hydrogen (secondary N) is 1. The summed E-state index contributed by atoms with van der Waals surface area (Å²) in [5.41, 5.74) is 6.16. The van der Waals surface area contributed by atoms with Gasteiger partial charge in [0, 0.05) is 5.54 Å². The molecule has 0 fully saturated rings. The van der Waals surface area contributed by atoms with Crippen molar-refractivity contribution in [3.63, 3.8) is 0 Å². The van der Waals surface area contributed by atoms with Crippen LogP contribution in [0.3, 0.4) is 0 Å². The van der Waals surface area contributed by atoms with Crippen molar-refractivity contribution in [2.75, 3.05) is 0 Å². The van der Waals surface area contributed by atoms with E-state index in [1.165, 1.54) is 16.7 Å². The van der Waals surface area contributed by atoms with Gasteiger partial charge in [-0.3, -0.25) is 0 Å². The molecule has 2 rings (SSSR count). The molecule has 0 spiro atoms. The molecule has 0 bridgehead atoms. The van der Waals surface area contributed by atoms with Gasteiger partial charge in [-0.2, -0.15) is 0 Å². The normalized spacial score (nSPS) is 14.7. The van der Waals surface area contributed by atoms with Crippen molar-refractivity contribution in [3.8, 4) is 5.75 Å². The van der Waals surface area contributed by atoms with Crippen molar-refractivity contribution < 1.29 is 51.0 Å². The van der Waals surface area contributed by atoms with E-state index in [-0.39, 0.29) is 52.1 Å². The molecule has 0 aromatic heterocycles. The zero-order chi connectivity index (χ0) is 18.1. The van der Waals surface area contributed by atoms with E-state index >= 15 is 0 Å². The van der Waals surface area contributed by atoms with Crippen LogP contribution in [0.4, 0.5) is 0 Å². The Bertz CT molecular complexity index is 688. The summed E-state index contributed by atoms with van der Waals surface area (Å²) in [6.07, 6.45) is 5.82. The molecule has 1 aliphatic carbocycles. The van der Waals surface area contributed by atoms with E-state index in [0.717, 1.165) is 29.9 Å². The van der Waals surface area contributed by atoms with Crippen molar-refractivity contribution >= 4 is 13.9 Å². The second kappa shape index (κ2) is 11.1. The Kier molecular flexibility index (Phi) is 11.9. The molecule has 1 aliphatic rings. The minimum Gasteiger partial charge on any atom is -1.00 e. The van der Waals surface area contributed by atoms with E-state index in [4.69, 9.17) is 4.43 Å². The van der Waals surface area contributed by atoms with Gasteiger partial charge in [0.25, 0.3) is 0 Å². The first-order valence-electron chi connectivity index (χ1n) is 8.96. The molecule has 0 aliphatic heterocycles. The fourth-order valence-corrected chi connectivity index (χ4v) is 3.86. The monoisotopic (exact) mass is 460 g/mol. The van der Waals surface area contributed by atoms with Crippen LogP contribution < -0.4 is 34.6 Å². The first kappa shape index (κ1) is 29.0. The second-order valence-electron chi connectivity index (χ2n) is 8.67. The summed E-state index contributed by atoms with van der Waals surface area (Å²) in [6, 6.07) is 6.33. The number of halogens is 2. The van der Waals surface area contributed by atoms with E-state index in [1.54, 1.807) is 0 Å². The van der Waals surface area contributed by atoms with Gasteiger partial charge in [0.05, 0.1) is 5.75 Å². The van der Waals surface area contributed by atoms with Crippen molar-refractivity contribution in [2.24, 2.45) is 0 Å². The van der Waals surface area contributed by atoms with Gasteiger partial charge in [0.15, 0.2) is 0 Å². The molecule has 27 heavy (non-hydrogen) atoms. The van der Waals surface area contributed by atoms with Crippen LogP contribution in [0, 0.1) is 6.08 Å². The summed E-state index contributed by atoms with van der Waals surface area (Å²) < 4.78 is 6.41. The van der Waals surface area contributed by atoms with Gasteiger partial charge in [0.2, 0.25) is 8.32 Å².